The Balaban J connectivity index is 0.00000290. The number of ketones is 1. The van der Waals surface area contributed by atoms with Crippen molar-refractivity contribution in [2.24, 2.45) is 5.10 Å². The number of aromatic nitrogens is 3. The number of halogens is 1. The van der Waals surface area contributed by atoms with Gasteiger partial charge in [0.05, 0.1) is 25.3 Å². The fourth-order valence-corrected chi connectivity index (χ4v) is 7.82. The van der Waals surface area contributed by atoms with Gasteiger partial charge in [-0.25, -0.2) is 33.7 Å². The van der Waals surface area contributed by atoms with E-state index in [9.17, 15) is 56.7 Å². The van der Waals surface area contributed by atoms with Gasteiger partial charge < -0.3 is 28.8 Å². The van der Waals surface area contributed by atoms with Crippen LogP contribution in [0.3, 0.4) is 0 Å². The quantitative estimate of drug-likeness (QED) is 0.0665. The first-order valence-electron chi connectivity index (χ1n) is 14.3. The summed E-state index contributed by atoms with van der Waals surface area (Å²) in [7, 11) is -22.1. The summed E-state index contributed by atoms with van der Waals surface area (Å²) in [5, 5.41) is 7.73. The van der Waals surface area contributed by atoms with Crippen LogP contribution in [0, 0.1) is 0 Å². The van der Waals surface area contributed by atoms with Gasteiger partial charge in [0.15, 0.2) is 0 Å². The van der Waals surface area contributed by atoms with Gasteiger partial charge in [0.25, 0.3) is 0 Å². The average molecular weight is 926 g/mol. The number of anilines is 5. The first kappa shape index (κ1) is 52.7. The second-order valence-electron chi connectivity index (χ2n) is 10.9. The SMILES string of the molecule is O=C1/C(=N\Nc2cc3c(S(=O)(=O)[O-])cc(S(=O)(=O)[O-])cc3cc2S(=O)(=O)[O-])C(S(=O)(=O)[O-])=Cc2cc(Nc3nc(Cl)nc(Nc4ccccc4)n3)ccc21.[Na+].[Na+].[Na+].[Na+]. The third-order valence-electron chi connectivity index (χ3n) is 7.30. The number of hydrogen-bond acceptors (Lipinski definition) is 20. The van der Waals surface area contributed by atoms with Gasteiger partial charge in [0, 0.05) is 22.3 Å². The van der Waals surface area contributed by atoms with Crippen molar-refractivity contribution < 1.29 is 175 Å². The molecular weight excluding hydrogens is 910 g/mol. The molecule has 0 bridgehead atoms. The van der Waals surface area contributed by atoms with Crippen LogP contribution in [-0.2, 0) is 40.5 Å². The molecule has 5 aromatic rings. The first-order chi connectivity index (χ1) is 25.1. The number of allylic oxidation sites excluding steroid dienone is 1. The minimum atomic E-state index is -5.58. The Bertz CT molecular complexity index is 2970. The number of carbonyl (C=O) groups excluding carboxylic acids is 1. The van der Waals surface area contributed by atoms with Gasteiger partial charge in [-0.1, -0.05) is 18.2 Å². The minimum Gasteiger partial charge on any atom is -0.744 e. The van der Waals surface area contributed by atoms with Gasteiger partial charge in [-0.2, -0.15) is 20.1 Å². The Hall–Kier alpha value is -1.44. The molecule has 1 aliphatic carbocycles. The van der Waals surface area contributed by atoms with E-state index in [2.05, 4.69) is 30.7 Å². The molecule has 0 saturated carbocycles. The number of benzene rings is 4. The molecule has 6 rings (SSSR count). The van der Waals surface area contributed by atoms with Crippen molar-refractivity contribution in [1.29, 1.82) is 0 Å². The molecule has 1 heterocycles. The van der Waals surface area contributed by atoms with Gasteiger partial charge in [-0.15, -0.1) is 0 Å². The van der Waals surface area contributed by atoms with Gasteiger partial charge in [0.1, 0.15) is 46.2 Å². The Morgan fingerprint density at radius 2 is 1.21 bits per heavy atom. The van der Waals surface area contributed by atoms with Crippen molar-refractivity contribution in [3.8, 4) is 0 Å². The van der Waals surface area contributed by atoms with Crippen LogP contribution in [0.1, 0.15) is 15.9 Å². The van der Waals surface area contributed by atoms with Crippen LogP contribution < -0.4 is 134 Å². The summed E-state index contributed by atoms with van der Waals surface area (Å²) in [5.41, 5.74) is 0.364. The largest absolute Gasteiger partial charge is 1.00 e. The third-order valence-corrected chi connectivity index (χ3v) is 10.9. The second kappa shape index (κ2) is 20.2. The number of hydrogen-bond donors (Lipinski definition) is 3. The molecule has 29 heteroatoms. The van der Waals surface area contributed by atoms with Crippen molar-refractivity contribution in [1.82, 2.24) is 15.0 Å². The summed E-state index contributed by atoms with van der Waals surface area (Å²) in [6.45, 7) is 0. The van der Waals surface area contributed by atoms with E-state index in [1.54, 1.807) is 30.3 Å². The number of carbonyl (C=O) groups is 1. The number of fused-ring (bicyclic) bond motifs is 2. The van der Waals surface area contributed by atoms with E-state index in [0.29, 0.717) is 23.9 Å². The average Bonchev–Trinajstić information content (AvgIpc) is 3.05. The molecule has 1 aliphatic rings. The summed E-state index contributed by atoms with van der Waals surface area (Å²) in [6, 6.07) is 14.2. The Morgan fingerprint density at radius 1 is 0.621 bits per heavy atom. The smallest absolute Gasteiger partial charge is 0.744 e. The van der Waals surface area contributed by atoms with Crippen LogP contribution in [0.4, 0.5) is 29.0 Å². The van der Waals surface area contributed by atoms with Gasteiger partial charge >= 0.3 is 118 Å². The summed E-state index contributed by atoms with van der Waals surface area (Å²) in [5.74, 6) is -1.23. The maximum atomic E-state index is 13.6. The Labute approximate surface area is 423 Å². The topological polar surface area (TPSA) is 333 Å². The molecule has 3 N–H and O–H groups in total. The number of nitrogens with zero attached hydrogens (tertiary/aromatic N) is 4. The van der Waals surface area contributed by atoms with Crippen LogP contribution in [-0.4, -0.2) is 78.3 Å². The van der Waals surface area contributed by atoms with Crippen LogP contribution in [0.25, 0.3) is 16.8 Å². The fraction of sp³-hybridized carbons (Fsp3) is 0. The van der Waals surface area contributed by atoms with Crippen molar-refractivity contribution in [3.05, 3.63) is 94.1 Å². The van der Waals surface area contributed by atoms with E-state index in [4.69, 9.17) is 11.6 Å². The number of para-hydroxylation sites is 1. The Kier molecular flexibility index (Phi) is 18.3. The van der Waals surface area contributed by atoms with Gasteiger partial charge in [-0.3, -0.25) is 10.2 Å². The van der Waals surface area contributed by atoms with Crippen LogP contribution in [0.15, 0.2) is 97.5 Å². The molecule has 0 fully saturated rings. The Morgan fingerprint density at radius 3 is 1.76 bits per heavy atom. The van der Waals surface area contributed by atoms with Crippen LogP contribution in [0.5, 0.6) is 0 Å². The standard InChI is InChI=1S/C29H20ClN7O13S4.4Na/c30-27-33-28(31-16-4-2-1-3-5-16)35-29(34-27)32-17-6-7-19-14(8-17)11-24(54(48,49)50)25(26(19)38)37-36-21-13-20-15(10-23(21)53(45,46)47)9-18(51(39,40)41)12-22(20)52(42,43)44;;;;/h1-13,36H,(H,39,40,41)(H,42,43,44)(H,45,46,47)(H,48,49,50)(H2,31,32,33,34,35);;;;/q;4*+1/p-4/b37-25-;;;;. The van der Waals surface area contributed by atoms with Gasteiger partial charge in [-0.05, 0) is 83.2 Å². The van der Waals surface area contributed by atoms with E-state index in [0.717, 1.165) is 6.08 Å². The number of Topliss-reactive ketones (excluding diaryl/α,β-unsaturated/α-hetero) is 1. The van der Waals surface area contributed by atoms with Gasteiger partial charge in [0.2, 0.25) is 23.0 Å². The number of rotatable bonds is 10. The van der Waals surface area contributed by atoms with Crippen molar-refractivity contribution in [2.45, 2.75) is 14.7 Å². The molecule has 58 heavy (non-hydrogen) atoms. The number of hydrazone groups is 1. The predicted molar refractivity (Wildman–Crippen MR) is 185 cm³/mol. The summed E-state index contributed by atoms with van der Waals surface area (Å²) in [4.78, 5) is 20.7. The van der Waals surface area contributed by atoms with E-state index in [-0.39, 0.29) is 158 Å². The molecule has 0 amide bonds. The molecule has 20 nitrogen and oxygen atoms in total. The molecule has 1 aromatic heterocycles. The van der Waals surface area contributed by atoms with Crippen LogP contribution >= 0.6 is 11.6 Å². The minimum absolute atomic E-state index is 0. The molecule has 0 saturated heterocycles. The zero-order valence-corrected chi connectivity index (χ0v) is 42.1. The monoisotopic (exact) mass is 925 g/mol. The third kappa shape index (κ3) is 12.4. The molecule has 0 aliphatic heterocycles. The molecule has 0 radical (unpaired) electrons. The maximum Gasteiger partial charge on any atom is 1.00 e. The van der Waals surface area contributed by atoms with Crippen molar-refractivity contribution in [2.75, 3.05) is 16.1 Å². The van der Waals surface area contributed by atoms with Crippen LogP contribution in [0.2, 0.25) is 5.28 Å². The number of nitrogens with one attached hydrogen (secondary N) is 3. The van der Waals surface area contributed by atoms with E-state index in [1.165, 1.54) is 18.2 Å². The summed E-state index contributed by atoms with van der Waals surface area (Å²) >= 11 is 6.05. The second-order valence-corrected chi connectivity index (χ2v) is 16.6. The zero-order chi connectivity index (χ0) is 39.4. The maximum absolute atomic E-state index is 13.6. The molecular formula is C29H16ClN7Na4O13S4. The van der Waals surface area contributed by atoms with E-state index < -0.39 is 88.0 Å². The first-order valence-corrected chi connectivity index (χ1v) is 20.3. The fourth-order valence-electron chi connectivity index (χ4n) is 5.05. The molecule has 0 atom stereocenters. The normalized spacial score (nSPS) is 13.4. The van der Waals surface area contributed by atoms with Crippen molar-refractivity contribution in [3.63, 3.8) is 0 Å². The van der Waals surface area contributed by atoms with E-state index >= 15 is 0 Å². The summed E-state index contributed by atoms with van der Waals surface area (Å²) in [6.07, 6.45) is 0.770. The molecule has 0 unspecified atom stereocenters. The molecule has 280 valence electrons. The van der Waals surface area contributed by atoms with Crippen molar-refractivity contribution >= 4 is 109 Å². The predicted octanol–water partition coefficient (Wildman–Crippen LogP) is -9.56. The zero-order valence-electron chi connectivity index (χ0n) is 30.1. The molecule has 4 aromatic carbocycles. The molecule has 0 spiro atoms. The van der Waals surface area contributed by atoms with E-state index in [1.807, 2.05) is 5.43 Å². The summed E-state index contributed by atoms with van der Waals surface area (Å²) < 4.78 is 144.